The Kier molecular flexibility index (Phi) is 4.53. The van der Waals surface area contributed by atoms with Crippen LogP contribution in [-0.2, 0) is 6.54 Å². The van der Waals surface area contributed by atoms with Crippen LogP contribution in [0.2, 0.25) is 0 Å². The largest absolute Gasteiger partial charge is 0.317 e. The quantitative estimate of drug-likeness (QED) is 0.845. The summed E-state index contributed by atoms with van der Waals surface area (Å²) in [5.74, 6) is 0. The number of benzene rings is 1. The van der Waals surface area contributed by atoms with E-state index in [0.29, 0.717) is 6.04 Å². The van der Waals surface area contributed by atoms with Gasteiger partial charge in [-0.15, -0.1) is 0 Å². The van der Waals surface area contributed by atoms with Gasteiger partial charge in [0.1, 0.15) is 0 Å². The van der Waals surface area contributed by atoms with Gasteiger partial charge < -0.3 is 5.32 Å². The molecule has 1 atom stereocenters. The molecule has 1 N–H and O–H groups in total. The van der Waals surface area contributed by atoms with Crippen molar-refractivity contribution in [2.24, 2.45) is 0 Å². The van der Waals surface area contributed by atoms with E-state index in [1.165, 1.54) is 17.5 Å². The molecule has 1 unspecified atom stereocenters. The van der Waals surface area contributed by atoms with Gasteiger partial charge in [-0.3, -0.25) is 4.68 Å². The van der Waals surface area contributed by atoms with Gasteiger partial charge >= 0.3 is 0 Å². The molecule has 0 amide bonds. The molecule has 0 bridgehead atoms. The summed E-state index contributed by atoms with van der Waals surface area (Å²) in [6, 6.07) is 11.0. The van der Waals surface area contributed by atoms with Crippen LogP contribution in [-0.4, -0.2) is 22.9 Å². The van der Waals surface area contributed by atoms with Crippen molar-refractivity contribution < 1.29 is 0 Å². The standard InChI is InChI=1S/C15H21N3/c1-13(16-2)7-6-10-18-12-15(11-17-18)14-8-4-3-5-9-14/h3-5,8-9,11-13,16H,6-7,10H2,1-2H3. The Balaban J connectivity index is 1.91. The highest BCUT2D eigenvalue weighted by molar-refractivity contribution is 5.61. The van der Waals surface area contributed by atoms with Crippen molar-refractivity contribution in [2.75, 3.05) is 7.05 Å². The smallest absolute Gasteiger partial charge is 0.0568 e. The third kappa shape index (κ3) is 3.44. The number of rotatable bonds is 6. The van der Waals surface area contributed by atoms with E-state index in [-0.39, 0.29) is 0 Å². The van der Waals surface area contributed by atoms with Crippen molar-refractivity contribution in [2.45, 2.75) is 32.4 Å². The second-order valence-electron chi connectivity index (χ2n) is 4.69. The summed E-state index contributed by atoms with van der Waals surface area (Å²) in [6.07, 6.45) is 6.39. The van der Waals surface area contributed by atoms with Gasteiger partial charge in [0.15, 0.2) is 0 Å². The zero-order chi connectivity index (χ0) is 12.8. The number of hydrogen-bond donors (Lipinski definition) is 1. The van der Waals surface area contributed by atoms with Crippen molar-refractivity contribution in [3.63, 3.8) is 0 Å². The van der Waals surface area contributed by atoms with Crippen molar-refractivity contribution in [1.82, 2.24) is 15.1 Å². The van der Waals surface area contributed by atoms with Gasteiger partial charge in [0.05, 0.1) is 6.20 Å². The Morgan fingerprint density at radius 3 is 2.72 bits per heavy atom. The van der Waals surface area contributed by atoms with Crippen molar-refractivity contribution in [3.8, 4) is 11.1 Å². The molecular weight excluding hydrogens is 222 g/mol. The second kappa shape index (κ2) is 6.36. The topological polar surface area (TPSA) is 29.9 Å². The number of aromatic nitrogens is 2. The predicted molar refractivity (Wildman–Crippen MR) is 75.4 cm³/mol. The molecular formula is C15H21N3. The highest BCUT2D eigenvalue weighted by atomic mass is 15.3. The van der Waals surface area contributed by atoms with Crippen molar-refractivity contribution in [3.05, 3.63) is 42.7 Å². The molecule has 96 valence electrons. The Labute approximate surface area is 109 Å². The molecule has 3 nitrogen and oxygen atoms in total. The van der Waals surface area contributed by atoms with Crippen LogP contribution in [0.25, 0.3) is 11.1 Å². The van der Waals surface area contributed by atoms with E-state index in [4.69, 9.17) is 0 Å². The van der Waals surface area contributed by atoms with Gasteiger partial charge in [0.25, 0.3) is 0 Å². The van der Waals surface area contributed by atoms with Crippen LogP contribution in [0, 0.1) is 0 Å². The second-order valence-corrected chi connectivity index (χ2v) is 4.69. The Morgan fingerprint density at radius 2 is 2.00 bits per heavy atom. The van der Waals surface area contributed by atoms with Gasteiger partial charge in [-0.05, 0) is 32.4 Å². The molecule has 2 aromatic rings. The maximum atomic E-state index is 4.41. The van der Waals surface area contributed by atoms with E-state index in [0.717, 1.165) is 13.0 Å². The highest BCUT2D eigenvalue weighted by Gasteiger charge is 2.02. The van der Waals surface area contributed by atoms with Crippen molar-refractivity contribution >= 4 is 0 Å². The Morgan fingerprint density at radius 1 is 1.22 bits per heavy atom. The lowest BCUT2D eigenvalue weighted by atomic mass is 10.1. The van der Waals surface area contributed by atoms with E-state index >= 15 is 0 Å². The normalized spacial score (nSPS) is 12.6. The molecule has 1 aromatic heterocycles. The SMILES string of the molecule is CNC(C)CCCn1cc(-c2ccccc2)cn1. The van der Waals surface area contributed by atoms with Gasteiger partial charge in [0, 0.05) is 24.3 Å². The molecule has 0 aliphatic rings. The van der Waals surface area contributed by atoms with Crippen LogP contribution >= 0.6 is 0 Å². The first kappa shape index (κ1) is 12.8. The van der Waals surface area contributed by atoms with Crippen molar-refractivity contribution in [1.29, 1.82) is 0 Å². The minimum absolute atomic E-state index is 0.578. The third-order valence-corrected chi connectivity index (χ3v) is 3.26. The highest BCUT2D eigenvalue weighted by Crippen LogP contribution is 2.17. The van der Waals surface area contributed by atoms with Gasteiger partial charge in [-0.2, -0.15) is 5.10 Å². The van der Waals surface area contributed by atoms with E-state index in [1.807, 2.05) is 24.0 Å². The predicted octanol–water partition coefficient (Wildman–Crippen LogP) is 2.94. The zero-order valence-electron chi connectivity index (χ0n) is 11.1. The number of hydrogen-bond acceptors (Lipinski definition) is 2. The molecule has 1 heterocycles. The summed E-state index contributed by atoms with van der Waals surface area (Å²) >= 11 is 0. The lowest BCUT2D eigenvalue weighted by molar-refractivity contribution is 0.488. The summed E-state index contributed by atoms with van der Waals surface area (Å²) in [5.41, 5.74) is 2.42. The first-order valence-corrected chi connectivity index (χ1v) is 6.54. The molecule has 0 fully saturated rings. The minimum Gasteiger partial charge on any atom is -0.317 e. The van der Waals surface area contributed by atoms with Gasteiger partial charge in [-0.1, -0.05) is 30.3 Å². The van der Waals surface area contributed by atoms with E-state index < -0.39 is 0 Å². The molecule has 3 heteroatoms. The van der Waals surface area contributed by atoms with E-state index in [1.54, 1.807) is 0 Å². The van der Waals surface area contributed by atoms with Crippen LogP contribution in [0.15, 0.2) is 42.7 Å². The zero-order valence-corrected chi connectivity index (χ0v) is 11.1. The number of aryl methyl sites for hydroxylation is 1. The van der Waals surface area contributed by atoms with Crippen LogP contribution in [0.4, 0.5) is 0 Å². The molecule has 0 spiro atoms. The Bertz CT molecular complexity index is 462. The lowest BCUT2D eigenvalue weighted by Crippen LogP contribution is -2.21. The van der Waals surface area contributed by atoms with Crippen LogP contribution in [0.3, 0.4) is 0 Å². The van der Waals surface area contributed by atoms with Crippen LogP contribution < -0.4 is 5.32 Å². The molecule has 18 heavy (non-hydrogen) atoms. The third-order valence-electron chi connectivity index (χ3n) is 3.26. The summed E-state index contributed by atoms with van der Waals surface area (Å²) < 4.78 is 2.03. The number of nitrogens with one attached hydrogen (secondary N) is 1. The number of nitrogens with zero attached hydrogens (tertiary/aromatic N) is 2. The first-order chi connectivity index (χ1) is 8.79. The molecule has 0 radical (unpaired) electrons. The van der Waals surface area contributed by atoms with E-state index in [9.17, 15) is 0 Å². The monoisotopic (exact) mass is 243 g/mol. The van der Waals surface area contributed by atoms with Gasteiger partial charge in [-0.25, -0.2) is 0 Å². The van der Waals surface area contributed by atoms with Crippen LogP contribution in [0.1, 0.15) is 19.8 Å². The van der Waals surface area contributed by atoms with Crippen LogP contribution in [0.5, 0.6) is 0 Å². The molecule has 0 aliphatic carbocycles. The molecule has 2 rings (SSSR count). The summed E-state index contributed by atoms with van der Waals surface area (Å²) in [6.45, 7) is 3.19. The summed E-state index contributed by atoms with van der Waals surface area (Å²) in [7, 11) is 2.01. The minimum atomic E-state index is 0.578. The Hall–Kier alpha value is -1.61. The fraction of sp³-hybridized carbons (Fsp3) is 0.400. The molecule has 0 saturated carbocycles. The fourth-order valence-electron chi connectivity index (χ4n) is 1.97. The average Bonchev–Trinajstić information content (AvgIpc) is 2.88. The van der Waals surface area contributed by atoms with Gasteiger partial charge in [0.2, 0.25) is 0 Å². The molecule has 1 aromatic carbocycles. The fourth-order valence-corrected chi connectivity index (χ4v) is 1.97. The average molecular weight is 243 g/mol. The molecule has 0 aliphatic heterocycles. The maximum absolute atomic E-state index is 4.41. The molecule has 0 saturated heterocycles. The lowest BCUT2D eigenvalue weighted by Gasteiger charge is -2.09. The summed E-state index contributed by atoms with van der Waals surface area (Å²) in [4.78, 5) is 0. The summed E-state index contributed by atoms with van der Waals surface area (Å²) in [5, 5.41) is 7.66. The maximum Gasteiger partial charge on any atom is 0.0568 e. The van der Waals surface area contributed by atoms with E-state index in [2.05, 4.69) is 47.8 Å². The first-order valence-electron chi connectivity index (χ1n) is 6.54.